The van der Waals surface area contributed by atoms with Gasteiger partial charge in [-0.15, -0.1) is 0 Å². The Morgan fingerprint density at radius 3 is 2.47 bits per heavy atom. The molecule has 1 aliphatic heterocycles. The molecule has 0 fully saturated rings. The van der Waals surface area contributed by atoms with Crippen LogP contribution in [-0.4, -0.2) is 74.0 Å². The Hall–Kier alpha value is -4.86. The third kappa shape index (κ3) is 9.56. The van der Waals surface area contributed by atoms with E-state index in [0.717, 1.165) is 16.9 Å². The standard InChI is InChI=1S/C35H42N4O6/c1-24(2)26-13-7-9-15-30(26)44-21-19-36-34(42)28-17-18-32(40)37-29(23-25-11-5-4-6-12-25)35(43)39(3)20-22-45-31-16-10-8-14-27(31)33(41)38-28/h4-16,24,28-29H,17-23H2,1-3H3,(H,36,42)(H,37,40)(H,38,41)/t28-,29+/m0/s1. The van der Waals surface area contributed by atoms with Gasteiger partial charge in [0.25, 0.3) is 5.91 Å². The average molecular weight is 615 g/mol. The second kappa shape index (κ2) is 16.3. The largest absolute Gasteiger partial charge is 0.491 e. The first-order chi connectivity index (χ1) is 21.7. The fraction of sp³-hybridized carbons (Fsp3) is 0.371. The molecule has 0 saturated carbocycles. The molecule has 3 aromatic rings. The van der Waals surface area contributed by atoms with Crippen LogP contribution in [0, 0.1) is 0 Å². The molecule has 0 unspecified atom stereocenters. The number of carbonyl (C=O) groups excluding carboxylic acids is 4. The Bertz CT molecular complexity index is 1460. The van der Waals surface area contributed by atoms with Crippen molar-refractivity contribution in [3.8, 4) is 11.5 Å². The second-order valence-electron chi connectivity index (χ2n) is 11.3. The van der Waals surface area contributed by atoms with E-state index in [0.29, 0.717) is 12.2 Å². The quantitative estimate of drug-likeness (QED) is 0.334. The lowest BCUT2D eigenvalue weighted by Crippen LogP contribution is -2.50. The van der Waals surface area contributed by atoms with E-state index in [2.05, 4.69) is 29.8 Å². The molecule has 3 N–H and O–H groups in total. The van der Waals surface area contributed by atoms with Crippen molar-refractivity contribution in [2.24, 2.45) is 0 Å². The fourth-order valence-corrected chi connectivity index (χ4v) is 5.09. The first-order valence-electron chi connectivity index (χ1n) is 15.3. The third-order valence-corrected chi connectivity index (χ3v) is 7.59. The van der Waals surface area contributed by atoms with E-state index in [4.69, 9.17) is 9.47 Å². The maximum absolute atomic E-state index is 13.4. The van der Waals surface area contributed by atoms with Gasteiger partial charge >= 0.3 is 0 Å². The fourth-order valence-electron chi connectivity index (χ4n) is 5.09. The van der Waals surface area contributed by atoms with Gasteiger partial charge in [-0.25, -0.2) is 0 Å². The van der Waals surface area contributed by atoms with E-state index in [1.54, 1.807) is 31.3 Å². The van der Waals surface area contributed by atoms with Crippen LogP contribution in [-0.2, 0) is 20.8 Å². The van der Waals surface area contributed by atoms with Gasteiger partial charge in [0.1, 0.15) is 36.8 Å². The third-order valence-electron chi connectivity index (χ3n) is 7.59. The Morgan fingerprint density at radius 1 is 0.978 bits per heavy atom. The lowest BCUT2D eigenvalue weighted by atomic mass is 10.0. The van der Waals surface area contributed by atoms with Crippen molar-refractivity contribution < 1.29 is 28.7 Å². The van der Waals surface area contributed by atoms with Gasteiger partial charge in [0.15, 0.2) is 0 Å². The van der Waals surface area contributed by atoms with Gasteiger partial charge in [0.2, 0.25) is 17.7 Å². The van der Waals surface area contributed by atoms with Gasteiger partial charge in [0.05, 0.1) is 18.7 Å². The van der Waals surface area contributed by atoms with Crippen LogP contribution < -0.4 is 25.4 Å². The van der Waals surface area contributed by atoms with Gasteiger partial charge in [-0.2, -0.15) is 0 Å². The highest BCUT2D eigenvalue weighted by molar-refractivity contribution is 5.99. The predicted octanol–water partition coefficient (Wildman–Crippen LogP) is 3.46. The number of amides is 4. The molecule has 10 heteroatoms. The summed E-state index contributed by atoms with van der Waals surface area (Å²) in [5.41, 5.74) is 2.22. The minimum atomic E-state index is -1.02. The number of ether oxygens (including phenoxy) is 2. The molecule has 0 spiro atoms. The molecular formula is C35H42N4O6. The highest BCUT2D eigenvalue weighted by atomic mass is 16.5. The molecule has 0 radical (unpaired) electrons. The molecule has 45 heavy (non-hydrogen) atoms. The molecule has 10 nitrogen and oxygen atoms in total. The van der Waals surface area contributed by atoms with Crippen molar-refractivity contribution in [1.29, 1.82) is 0 Å². The molecule has 4 amide bonds. The number of rotatable bonds is 8. The molecule has 4 rings (SSSR count). The summed E-state index contributed by atoms with van der Waals surface area (Å²) in [6.45, 7) is 4.96. The number of hydrogen-bond acceptors (Lipinski definition) is 6. The maximum atomic E-state index is 13.4. The molecule has 1 heterocycles. The zero-order valence-corrected chi connectivity index (χ0v) is 26.1. The number of nitrogens with zero attached hydrogens (tertiary/aromatic N) is 1. The normalized spacial score (nSPS) is 18.0. The van der Waals surface area contributed by atoms with Crippen LogP contribution in [0.25, 0.3) is 0 Å². The van der Waals surface area contributed by atoms with E-state index in [-0.39, 0.29) is 56.5 Å². The molecular weight excluding hydrogens is 572 g/mol. The van der Waals surface area contributed by atoms with Crippen LogP contribution in [0.5, 0.6) is 11.5 Å². The number of carbonyl (C=O) groups is 4. The Labute approximate surface area is 264 Å². The van der Waals surface area contributed by atoms with Crippen LogP contribution in [0.1, 0.15) is 54.1 Å². The van der Waals surface area contributed by atoms with E-state index in [9.17, 15) is 19.2 Å². The van der Waals surface area contributed by atoms with Crippen LogP contribution in [0.4, 0.5) is 0 Å². The highest BCUT2D eigenvalue weighted by Crippen LogP contribution is 2.25. The number of likely N-dealkylation sites (N-methyl/N-ethyl adjacent to an activating group) is 1. The predicted molar refractivity (Wildman–Crippen MR) is 171 cm³/mol. The molecule has 238 valence electrons. The Kier molecular flexibility index (Phi) is 12.0. The Morgan fingerprint density at radius 2 is 1.69 bits per heavy atom. The van der Waals surface area contributed by atoms with Crippen molar-refractivity contribution in [2.75, 3.05) is 33.4 Å². The highest BCUT2D eigenvalue weighted by Gasteiger charge is 2.28. The summed E-state index contributed by atoms with van der Waals surface area (Å²) in [6.07, 6.45) is 0.239. The summed E-state index contributed by atoms with van der Waals surface area (Å²) in [6, 6.07) is 22.1. The number of para-hydroxylation sites is 2. The number of fused-ring (bicyclic) bond motifs is 1. The smallest absolute Gasteiger partial charge is 0.255 e. The molecule has 0 aliphatic carbocycles. The van der Waals surface area contributed by atoms with Crippen molar-refractivity contribution >= 4 is 23.6 Å². The first kappa shape index (κ1) is 33.0. The summed E-state index contributed by atoms with van der Waals surface area (Å²) in [4.78, 5) is 54.8. The van der Waals surface area contributed by atoms with Crippen LogP contribution >= 0.6 is 0 Å². The van der Waals surface area contributed by atoms with Gasteiger partial charge in [-0.1, -0.05) is 74.5 Å². The van der Waals surface area contributed by atoms with Gasteiger partial charge in [-0.05, 0) is 41.7 Å². The molecule has 0 bridgehead atoms. The zero-order chi connectivity index (χ0) is 32.2. The van der Waals surface area contributed by atoms with Crippen molar-refractivity contribution in [2.45, 2.75) is 51.1 Å². The van der Waals surface area contributed by atoms with Crippen LogP contribution in [0.3, 0.4) is 0 Å². The molecule has 2 atom stereocenters. The molecule has 1 aliphatic rings. The number of nitrogens with one attached hydrogen (secondary N) is 3. The average Bonchev–Trinajstić information content (AvgIpc) is 3.04. The van der Waals surface area contributed by atoms with Gasteiger partial charge in [-0.3, -0.25) is 19.2 Å². The van der Waals surface area contributed by atoms with Crippen LogP contribution in [0.15, 0.2) is 78.9 Å². The van der Waals surface area contributed by atoms with Gasteiger partial charge in [0, 0.05) is 19.9 Å². The monoisotopic (exact) mass is 614 g/mol. The minimum Gasteiger partial charge on any atom is -0.491 e. The van der Waals surface area contributed by atoms with Crippen molar-refractivity contribution in [3.63, 3.8) is 0 Å². The lowest BCUT2D eigenvalue weighted by Gasteiger charge is -2.25. The first-order valence-corrected chi connectivity index (χ1v) is 15.3. The minimum absolute atomic E-state index is 0.0194. The summed E-state index contributed by atoms with van der Waals surface area (Å²) in [5.74, 6) is -0.252. The molecule has 3 aromatic carbocycles. The lowest BCUT2D eigenvalue weighted by molar-refractivity contribution is -0.135. The molecule has 0 saturated heterocycles. The molecule has 0 aromatic heterocycles. The topological polar surface area (TPSA) is 126 Å². The Balaban J connectivity index is 1.49. The van der Waals surface area contributed by atoms with Crippen molar-refractivity contribution in [1.82, 2.24) is 20.9 Å². The van der Waals surface area contributed by atoms with E-state index >= 15 is 0 Å². The van der Waals surface area contributed by atoms with E-state index in [1.807, 2.05) is 54.6 Å². The summed E-state index contributed by atoms with van der Waals surface area (Å²) >= 11 is 0. The SMILES string of the molecule is CC(C)c1ccccc1OCCNC(=O)[C@@H]1CCC(=O)N[C@H](Cc2ccccc2)C(=O)N(C)CCOc2ccccc2C(=O)N1. The summed E-state index contributed by atoms with van der Waals surface area (Å²) < 4.78 is 11.8. The summed E-state index contributed by atoms with van der Waals surface area (Å²) in [7, 11) is 1.65. The maximum Gasteiger partial charge on any atom is 0.255 e. The van der Waals surface area contributed by atoms with E-state index in [1.165, 1.54) is 4.90 Å². The zero-order valence-electron chi connectivity index (χ0n) is 26.1. The summed E-state index contributed by atoms with van der Waals surface area (Å²) in [5, 5.41) is 8.46. The van der Waals surface area contributed by atoms with E-state index < -0.39 is 29.8 Å². The van der Waals surface area contributed by atoms with Crippen LogP contribution in [0.2, 0.25) is 0 Å². The van der Waals surface area contributed by atoms with Gasteiger partial charge < -0.3 is 30.3 Å². The van der Waals surface area contributed by atoms with Crippen molar-refractivity contribution in [3.05, 3.63) is 95.6 Å². The number of hydrogen-bond donors (Lipinski definition) is 3. The number of benzene rings is 3. The second-order valence-corrected chi connectivity index (χ2v) is 11.3.